The van der Waals surface area contributed by atoms with Gasteiger partial charge >= 0.3 is 5.97 Å². The van der Waals surface area contributed by atoms with Crippen molar-refractivity contribution in [1.29, 1.82) is 0 Å². The molecule has 1 saturated carbocycles. The van der Waals surface area contributed by atoms with Gasteiger partial charge in [0, 0.05) is 11.8 Å². The number of nitrogens with one attached hydrogen (secondary N) is 1. The fraction of sp³-hybridized carbons (Fsp3) is 0.256. The number of anilines is 1. The van der Waals surface area contributed by atoms with E-state index in [2.05, 4.69) is 16.9 Å². The molecule has 0 atom stereocenters. The number of benzene rings is 5. The molecule has 0 saturated heterocycles. The van der Waals surface area contributed by atoms with Crippen LogP contribution in [0.4, 0.5) is 5.69 Å². The molecule has 0 heterocycles. The van der Waals surface area contributed by atoms with Gasteiger partial charge in [0.25, 0.3) is 0 Å². The third-order valence-corrected chi connectivity index (χ3v) is 10.8. The maximum atomic E-state index is 14.0. The number of aryl methyl sites for hydroxylation is 1. The van der Waals surface area contributed by atoms with Crippen LogP contribution >= 0.6 is 0 Å². The molecule has 1 amide bonds. The molecule has 1 fully saturated rings. The lowest BCUT2D eigenvalue weighted by Crippen LogP contribution is -2.40. The molecule has 5 aromatic rings. The highest BCUT2D eigenvalue weighted by molar-refractivity contribution is 7.89. The standard InChI is InChI=1S/C43H44N2O6S/c1-32-17-24-39(25-18-32)52(48,49)44-28-42(46)45(29-33-19-21-37(22-20-33)36-15-9-4-10-16-36)38-23-26-40(43(47)51-31-35-13-7-3-8-14-35)41(27-38)50-30-34-11-5-2-6-12-34/h2-3,5-8,11-14,17-27,36,44H,4,9-10,15-16,28-31H2,1H3. The molecule has 0 spiro atoms. The molecule has 6 rings (SSSR count). The first-order valence-corrected chi connectivity index (χ1v) is 19.2. The number of nitrogens with zero attached hydrogens (tertiary/aromatic N) is 1. The zero-order valence-corrected chi connectivity index (χ0v) is 30.2. The third kappa shape index (κ3) is 9.75. The first-order valence-electron chi connectivity index (χ1n) is 17.7. The molecule has 9 heteroatoms. The predicted octanol–water partition coefficient (Wildman–Crippen LogP) is 8.49. The van der Waals surface area contributed by atoms with E-state index < -0.39 is 28.4 Å². The summed E-state index contributed by atoms with van der Waals surface area (Å²) >= 11 is 0. The number of amides is 1. The summed E-state index contributed by atoms with van der Waals surface area (Å²) in [5.41, 5.74) is 5.49. The van der Waals surface area contributed by atoms with Crippen molar-refractivity contribution in [3.63, 3.8) is 0 Å². The van der Waals surface area contributed by atoms with E-state index in [-0.39, 0.29) is 36.0 Å². The van der Waals surface area contributed by atoms with Gasteiger partial charge in [-0.05, 0) is 72.2 Å². The van der Waals surface area contributed by atoms with Crippen LogP contribution in [0.25, 0.3) is 0 Å². The fourth-order valence-corrected chi connectivity index (χ4v) is 7.37. The lowest BCUT2D eigenvalue weighted by molar-refractivity contribution is -0.117. The molecule has 52 heavy (non-hydrogen) atoms. The van der Waals surface area contributed by atoms with E-state index in [1.165, 1.54) is 54.7 Å². The topological polar surface area (TPSA) is 102 Å². The second kappa shape index (κ2) is 17.3. The van der Waals surface area contributed by atoms with Crippen molar-refractivity contribution in [3.8, 4) is 5.75 Å². The van der Waals surface area contributed by atoms with Crippen molar-refractivity contribution >= 4 is 27.6 Å². The molecule has 0 aromatic heterocycles. The van der Waals surface area contributed by atoms with Gasteiger partial charge in [0.1, 0.15) is 24.5 Å². The average Bonchev–Trinajstić information content (AvgIpc) is 3.19. The van der Waals surface area contributed by atoms with Crippen molar-refractivity contribution < 1.29 is 27.5 Å². The predicted molar refractivity (Wildman–Crippen MR) is 203 cm³/mol. The Hall–Kier alpha value is -5.25. The van der Waals surface area contributed by atoms with E-state index in [1.807, 2.05) is 79.7 Å². The van der Waals surface area contributed by atoms with Gasteiger partial charge in [-0.25, -0.2) is 17.9 Å². The second-order valence-electron chi connectivity index (χ2n) is 13.2. The first kappa shape index (κ1) is 36.5. The Labute approximate surface area is 306 Å². The lowest BCUT2D eigenvalue weighted by Gasteiger charge is -2.25. The fourth-order valence-electron chi connectivity index (χ4n) is 6.39. The minimum Gasteiger partial charge on any atom is -0.488 e. The molecule has 1 aliphatic rings. The Morgan fingerprint density at radius 1 is 0.731 bits per heavy atom. The molecule has 8 nitrogen and oxygen atoms in total. The maximum absolute atomic E-state index is 14.0. The smallest absolute Gasteiger partial charge is 0.342 e. The molecular formula is C43H44N2O6S. The third-order valence-electron chi connectivity index (χ3n) is 9.39. The Morgan fingerprint density at radius 2 is 1.37 bits per heavy atom. The van der Waals surface area contributed by atoms with Crippen molar-refractivity contribution in [3.05, 3.63) is 161 Å². The summed E-state index contributed by atoms with van der Waals surface area (Å²) in [5.74, 6) is -0.263. The largest absolute Gasteiger partial charge is 0.488 e. The van der Waals surface area contributed by atoms with E-state index in [0.717, 1.165) is 22.3 Å². The molecule has 0 radical (unpaired) electrons. The Kier molecular flexibility index (Phi) is 12.2. The van der Waals surface area contributed by atoms with Crippen LogP contribution in [0.2, 0.25) is 0 Å². The van der Waals surface area contributed by atoms with Crippen LogP contribution in [0.5, 0.6) is 5.75 Å². The second-order valence-corrected chi connectivity index (χ2v) is 15.0. The zero-order chi connectivity index (χ0) is 36.3. The van der Waals surface area contributed by atoms with Gasteiger partial charge in [-0.1, -0.05) is 122 Å². The van der Waals surface area contributed by atoms with Crippen LogP contribution in [0.1, 0.15) is 76.2 Å². The van der Waals surface area contributed by atoms with E-state index in [0.29, 0.717) is 11.6 Å². The monoisotopic (exact) mass is 716 g/mol. The summed E-state index contributed by atoms with van der Waals surface area (Å²) in [6.07, 6.45) is 6.10. The summed E-state index contributed by atoms with van der Waals surface area (Å²) in [6.45, 7) is 1.83. The number of sulfonamides is 1. The normalized spacial score (nSPS) is 13.3. The highest BCUT2D eigenvalue weighted by Crippen LogP contribution is 2.33. The summed E-state index contributed by atoms with van der Waals surface area (Å²) in [6, 6.07) is 38.6. The van der Waals surface area contributed by atoms with Crippen LogP contribution < -0.4 is 14.4 Å². The molecule has 268 valence electrons. The highest BCUT2D eigenvalue weighted by Gasteiger charge is 2.24. The SMILES string of the molecule is Cc1ccc(S(=O)(=O)NCC(=O)N(Cc2ccc(C3CCCCC3)cc2)c2ccc(C(=O)OCc3ccccc3)c(OCc3ccccc3)c2)cc1. The quantitative estimate of drug-likeness (QED) is 0.116. The van der Waals surface area contributed by atoms with E-state index in [4.69, 9.17) is 9.47 Å². The average molecular weight is 717 g/mol. The van der Waals surface area contributed by atoms with Crippen molar-refractivity contribution in [2.45, 2.75) is 69.6 Å². The van der Waals surface area contributed by atoms with Crippen LogP contribution in [-0.4, -0.2) is 26.8 Å². The number of esters is 1. The van der Waals surface area contributed by atoms with Crippen LogP contribution in [0.15, 0.2) is 132 Å². The van der Waals surface area contributed by atoms with Gasteiger partial charge < -0.3 is 14.4 Å². The van der Waals surface area contributed by atoms with Gasteiger partial charge in [0.2, 0.25) is 15.9 Å². The van der Waals surface area contributed by atoms with Crippen LogP contribution in [-0.2, 0) is 39.3 Å². The lowest BCUT2D eigenvalue weighted by atomic mass is 9.84. The van der Waals surface area contributed by atoms with E-state index in [9.17, 15) is 18.0 Å². The maximum Gasteiger partial charge on any atom is 0.342 e. The molecule has 1 aliphatic carbocycles. The molecule has 5 aromatic carbocycles. The van der Waals surface area contributed by atoms with Crippen LogP contribution in [0, 0.1) is 6.92 Å². The van der Waals surface area contributed by atoms with Crippen LogP contribution in [0.3, 0.4) is 0 Å². The Morgan fingerprint density at radius 3 is 2.02 bits per heavy atom. The van der Waals surface area contributed by atoms with Gasteiger partial charge in [-0.2, -0.15) is 0 Å². The number of ether oxygens (including phenoxy) is 2. The van der Waals surface area contributed by atoms with E-state index >= 15 is 0 Å². The number of hydrogen-bond acceptors (Lipinski definition) is 6. The minimum atomic E-state index is -3.96. The van der Waals surface area contributed by atoms with Gasteiger partial charge in [0.15, 0.2) is 0 Å². The van der Waals surface area contributed by atoms with Gasteiger partial charge in [-0.15, -0.1) is 0 Å². The summed E-state index contributed by atoms with van der Waals surface area (Å²) < 4.78 is 40.7. The number of hydrogen-bond donors (Lipinski definition) is 1. The van der Waals surface area contributed by atoms with Gasteiger partial charge in [-0.3, -0.25) is 4.79 Å². The molecular weight excluding hydrogens is 673 g/mol. The highest BCUT2D eigenvalue weighted by atomic mass is 32.2. The summed E-state index contributed by atoms with van der Waals surface area (Å²) in [7, 11) is -3.96. The number of rotatable bonds is 14. The van der Waals surface area contributed by atoms with Crippen molar-refractivity contribution in [2.24, 2.45) is 0 Å². The summed E-state index contributed by atoms with van der Waals surface area (Å²) in [5, 5.41) is 0. The summed E-state index contributed by atoms with van der Waals surface area (Å²) in [4.78, 5) is 29.0. The Balaban J connectivity index is 1.29. The molecule has 0 bridgehead atoms. The Bertz CT molecular complexity index is 2050. The minimum absolute atomic E-state index is 0.0747. The van der Waals surface area contributed by atoms with E-state index in [1.54, 1.807) is 30.3 Å². The zero-order valence-electron chi connectivity index (χ0n) is 29.4. The molecule has 1 N–H and O–H groups in total. The van der Waals surface area contributed by atoms with Gasteiger partial charge in [0.05, 0.1) is 18.0 Å². The molecule has 0 aliphatic heterocycles. The van der Waals surface area contributed by atoms with Crippen molar-refractivity contribution in [2.75, 3.05) is 11.4 Å². The van der Waals surface area contributed by atoms with Crippen molar-refractivity contribution in [1.82, 2.24) is 4.72 Å². The first-order chi connectivity index (χ1) is 25.2. The molecule has 0 unspecified atom stereocenters. The number of carbonyl (C=O) groups is 2. The number of carbonyl (C=O) groups excluding carboxylic acids is 2.